The van der Waals surface area contributed by atoms with Gasteiger partial charge in [0.2, 0.25) is 10.0 Å². The fourth-order valence-corrected chi connectivity index (χ4v) is 5.24. The molecule has 6 heteroatoms. The van der Waals surface area contributed by atoms with E-state index in [1.54, 1.807) is 0 Å². The minimum atomic E-state index is -3.26. The van der Waals surface area contributed by atoms with Gasteiger partial charge in [0, 0.05) is 18.8 Å². The number of rotatable bonds is 7. The van der Waals surface area contributed by atoms with Gasteiger partial charge in [-0.3, -0.25) is 4.72 Å². The van der Waals surface area contributed by atoms with Crippen molar-refractivity contribution >= 4 is 15.7 Å². The summed E-state index contributed by atoms with van der Waals surface area (Å²) in [5.41, 5.74) is 1.92. The molecule has 28 heavy (non-hydrogen) atoms. The lowest BCUT2D eigenvalue weighted by Crippen LogP contribution is -2.48. The SMILES string of the molecule is C[C@H]1CN(CCOC2CCCCC2)CC[C@]1(C)c1cccc(NS(C)(=O)=O)c1. The number of hydrogen-bond donors (Lipinski definition) is 1. The molecule has 1 aromatic rings. The van der Waals surface area contributed by atoms with E-state index in [1.807, 2.05) is 18.2 Å². The fourth-order valence-electron chi connectivity index (χ4n) is 4.68. The molecule has 1 saturated heterocycles. The van der Waals surface area contributed by atoms with Crippen LogP contribution in [0.15, 0.2) is 24.3 Å². The summed E-state index contributed by atoms with van der Waals surface area (Å²) >= 11 is 0. The Bertz CT molecular complexity index is 746. The molecule has 1 aliphatic carbocycles. The molecule has 0 spiro atoms. The molecule has 0 radical (unpaired) electrons. The zero-order valence-electron chi connectivity index (χ0n) is 17.6. The predicted molar refractivity (Wildman–Crippen MR) is 115 cm³/mol. The van der Waals surface area contributed by atoms with Crippen LogP contribution in [-0.2, 0) is 20.2 Å². The van der Waals surface area contributed by atoms with Gasteiger partial charge in [-0.25, -0.2) is 8.42 Å². The molecule has 2 fully saturated rings. The zero-order valence-corrected chi connectivity index (χ0v) is 18.4. The highest BCUT2D eigenvalue weighted by molar-refractivity contribution is 7.92. The first-order chi connectivity index (χ1) is 13.3. The van der Waals surface area contributed by atoms with E-state index < -0.39 is 10.0 Å². The molecule has 0 aromatic heterocycles. The van der Waals surface area contributed by atoms with Crippen LogP contribution in [0.1, 0.15) is 57.9 Å². The maximum absolute atomic E-state index is 11.6. The Morgan fingerprint density at radius 2 is 2.00 bits per heavy atom. The summed E-state index contributed by atoms with van der Waals surface area (Å²) in [6.07, 6.45) is 9.19. The molecular weight excluding hydrogens is 372 g/mol. The Balaban J connectivity index is 1.55. The van der Waals surface area contributed by atoms with Gasteiger partial charge in [0.05, 0.1) is 19.0 Å². The van der Waals surface area contributed by atoms with E-state index in [9.17, 15) is 8.42 Å². The van der Waals surface area contributed by atoms with Gasteiger partial charge < -0.3 is 9.64 Å². The van der Waals surface area contributed by atoms with Crippen molar-refractivity contribution < 1.29 is 13.2 Å². The minimum Gasteiger partial charge on any atom is -0.377 e. The summed E-state index contributed by atoms with van der Waals surface area (Å²) in [7, 11) is -3.26. The number of ether oxygens (including phenoxy) is 1. The van der Waals surface area contributed by atoms with Crippen molar-refractivity contribution in [3.63, 3.8) is 0 Å². The van der Waals surface area contributed by atoms with Gasteiger partial charge in [0.15, 0.2) is 0 Å². The van der Waals surface area contributed by atoms with Crippen molar-refractivity contribution in [2.24, 2.45) is 5.92 Å². The van der Waals surface area contributed by atoms with Gasteiger partial charge in [-0.05, 0) is 54.8 Å². The first-order valence-corrected chi connectivity index (χ1v) is 12.6. The number of hydrogen-bond acceptors (Lipinski definition) is 4. The maximum atomic E-state index is 11.6. The van der Waals surface area contributed by atoms with E-state index in [-0.39, 0.29) is 5.41 Å². The van der Waals surface area contributed by atoms with Gasteiger partial charge in [0.25, 0.3) is 0 Å². The average Bonchev–Trinajstić information content (AvgIpc) is 2.64. The molecule has 5 nitrogen and oxygen atoms in total. The molecule has 1 N–H and O–H groups in total. The summed E-state index contributed by atoms with van der Waals surface area (Å²) in [6.45, 7) is 8.57. The van der Waals surface area contributed by atoms with Crippen LogP contribution in [0.3, 0.4) is 0 Å². The normalized spacial score (nSPS) is 27.6. The highest BCUT2D eigenvalue weighted by Gasteiger charge is 2.38. The fraction of sp³-hybridized carbons (Fsp3) is 0.727. The highest BCUT2D eigenvalue weighted by Crippen LogP contribution is 2.40. The maximum Gasteiger partial charge on any atom is 0.229 e. The molecule has 1 aromatic carbocycles. The Kier molecular flexibility index (Phi) is 7.05. The standard InChI is InChI=1S/C22H36N2O3S/c1-18-17-24(14-15-27-21-10-5-4-6-11-21)13-12-22(18,2)19-8-7-9-20(16-19)23-28(3,25)26/h7-9,16,18,21,23H,4-6,10-15,17H2,1-3H3/t18-,22-/m0/s1. The van der Waals surface area contributed by atoms with Crippen LogP contribution in [-0.4, -0.2) is 51.9 Å². The first kappa shape index (κ1) is 21.6. The molecular formula is C22H36N2O3S. The molecule has 158 valence electrons. The van der Waals surface area contributed by atoms with E-state index >= 15 is 0 Å². The van der Waals surface area contributed by atoms with Gasteiger partial charge in [-0.1, -0.05) is 45.2 Å². The number of sulfonamides is 1. The number of benzene rings is 1. The Labute approximate surface area is 170 Å². The summed E-state index contributed by atoms with van der Waals surface area (Å²) in [5, 5.41) is 0. The van der Waals surface area contributed by atoms with E-state index in [1.165, 1.54) is 43.9 Å². The number of piperidine rings is 1. The van der Waals surface area contributed by atoms with Gasteiger partial charge in [0.1, 0.15) is 0 Å². The van der Waals surface area contributed by atoms with Gasteiger partial charge >= 0.3 is 0 Å². The van der Waals surface area contributed by atoms with Crippen LogP contribution in [0, 0.1) is 5.92 Å². The lowest BCUT2D eigenvalue weighted by Gasteiger charge is -2.45. The number of nitrogens with zero attached hydrogens (tertiary/aromatic N) is 1. The van der Waals surface area contributed by atoms with Crippen molar-refractivity contribution in [3.8, 4) is 0 Å². The van der Waals surface area contributed by atoms with E-state index in [0.717, 1.165) is 32.7 Å². The second-order valence-electron chi connectivity index (χ2n) is 8.95. The quantitative estimate of drug-likeness (QED) is 0.741. The molecule has 1 saturated carbocycles. The molecule has 1 heterocycles. The van der Waals surface area contributed by atoms with E-state index in [4.69, 9.17) is 4.74 Å². The summed E-state index contributed by atoms with van der Waals surface area (Å²) in [5.74, 6) is 0.490. The minimum absolute atomic E-state index is 0.0515. The van der Waals surface area contributed by atoms with Crippen LogP contribution in [0.4, 0.5) is 5.69 Å². The zero-order chi connectivity index (χ0) is 20.2. The molecule has 0 amide bonds. The van der Waals surface area contributed by atoms with Crippen LogP contribution in [0.2, 0.25) is 0 Å². The lowest BCUT2D eigenvalue weighted by molar-refractivity contribution is 0.00526. The monoisotopic (exact) mass is 408 g/mol. The molecule has 0 unspecified atom stereocenters. The van der Waals surface area contributed by atoms with E-state index in [0.29, 0.717) is 17.7 Å². The smallest absolute Gasteiger partial charge is 0.229 e. The number of anilines is 1. The van der Waals surface area contributed by atoms with Crippen molar-refractivity contribution in [3.05, 3.63) is 29.8 Å². The highest BCUT2D eigenvalue weighted by atomic mass is 32.2. The van der Waals surface area contributed by atoms with Crippen LogP contribution in [0.25, 0.3) is 0 Å². The Morgan fingerprint density at radius 1 is 1.25 bits per heavy atom. The number of likely N-dealkylation sites (tertiary alicyclic amines) is 1. The Morgan fingerprint density at radius 3 is 2.68 bits per heavy atom. The van der Waals surface area contributed by atoms with Crippen LogP contribution >= 0.6 is 0 Å². The Hall–Kier alpha value is -1.11. The molecule has 2 atom stereocenters. The number of nitrogens with one attached hydrogen (secondary N) is 1. The predicted octanol–water partition coefficient (Wildman–Crippen LogP) is 4.01. The molecule has 3 rings (SSSR count). The van der Waals surface area contributed by atoms with Gasteiger partial charge in [-0.2, -0.15) is 0 Å². The van der Waals surface area contributed by atoms with E-state index in [2.05, 4.69) is 29.5 Å². The largest absolute Gasteiger partial charge is 0.377 e. The van der Waals surface area contributed by atoms with Crippen molar-refractivity contribution in [1.82, 2.24) is 4.90 Å². The summed E-state index contributed by atoms with van der Waals surface area (Å²) < 4.78 is 31.8. The lowest BCUT2D eigenvalue weighted by atomic mass is 9.68. The third-order valence-electron chi connectivity index (χ3n) is 6.71. The van der Waals surface area contributed by atoms with Crippen LogP contribution < -0.4 is 4.72 Å². The summed E-state index contributed by atoms with van der Waals surface area (Å²) in [6, 6.07) is 7.90. The first-order valence-electron chi connectivity index (χ1n) is 10.7. The second-order valence-corrected chi connectivity index (χ2v) is 10.7. The third kappa shape index (κ3) is 5.71. The topological polar surface area (TPSA) is 58.6 Å². The third-order valence-corrected chi connectivity index (χ3v) is 7.31. The average molecular weight is 409 g/mol. The van der Waals surface area contributed by atoms with Crippen molar-refractivity contribution in [1.29, 1.82) is 0 Å². The van der Waals surface area contributed by atoms with Crippen molar-refractivity contribution in [2.75, 3.05) is 37.2 Å². The van der Waals surface area contributed by atoms with Gasteiger partial charge in [-0.15, -0.1) is 0 Å². The summed E-state index contributed by atoms with van der Waals surface area (Å²) in [4.78, 5) is 2.52. The molecule has 1 aliphatic heterocycles. The van der Waals surface area contributed by atoms with Crippen molar-refractivity contribution in [2.45, 2.75) is 63.9 Å². The van der Waals surface area contributed by atoms with Crippen LogP contribution in [0.5, 0.6) is 0 Å². The second kappa shape index (κ2) is 9.14. The molecule has 2 aliphatic rings. The molecule has 0 bridgehead atoms.